The van der Waals surface area contributed by atoms with E-state index in [-0.39, 0.29) is 28.6 Å². The summed E-state index contributed by atoms with van der Waals surface area (Å²) in [5.41, 5.74) is 0.492. The first kappa shape index (κ1) is 20.5. The number of nitrogens with one attached hydrogen (secondary N) is 1. The van der Waals surface area contributed by atoms with Crippen LogP contribution in [-0.2, 0) is 16.0 Å². The quantitative estimate of drug-likeness (QED) is 0.825. The molecule has 2 aliphatic rings. The van der Waals surface area contributed by atoms with E-state index in [0.29, 0.717) is 19.5 Å². The molecule has 0 radical (unpaired) electrons. The standard InChI is InChI=1S/C20H26N2O5S/c1-20(2,3)27-19(25)22-10-8-15(9-11-22)26-14-6-4-13(5-7-14)12-16-17(23)21-18(24)28-16/h4-7,15-16H,8-12H2,1-3H3,(H,21,23,24). The molecule has 2 aliphatic heterocycles. The summed E-state index contributed by atoms with van der Waals surface area (Å²) in [6.07, 6.45) is 1.79. The Kier molecular flexibility index (Phi) is 6.17. The van der Waals surface area contributed by atoms with Crippen LogP contribution in [0.15, 0.2) is 24.3 Å². The highest BCUT2D eigenvalue weighted by molar-refractivity contribution is 8.15. The van der Waals surface area contributed by atoms with Crippen molar-refractivity contribution >= 4 is 29.0 Å². The van der Waals surface area contributed by atoms with Crippen LogP contribution in [0, 0.1) is 0 Å². The van der Waals surface area contributed by atoms with E-state index < -0.39 is 5.60 Å². The first-order chi connectivity index (χ1) is 13.2. The maximum atomic E-state index is 12.1. The molecule has 0 aliphatic carbocycles. The maximum absolute atomic E-state index is 12.1. The SMILES string of the molecule is CC(C)(C)OC(=O)N1CCC(Oc2ccc(CC3SC(=O)NC3=O)cc2)CC1. The van der Waals surface area contributed by atoms with Crippen LogP contribution >= 0.6 is 11.8 Å². The van der Waals surface area contributed by atoms with E-state index >= 15 is 0 Å². The minimum atomic E-state index is -0.489. The van der Waals surface area contributed by atoms with E-state index in [1.807, 2.05) is 45.0 Å². The molecule has 7 nitrogen and oxygen atoms in total. The zero-order chi connectivity index (χ0) is 20.3. The van der Waals surface area contributed by atoms with Gasteiger partial charge in [0.15, 0.2) is 0 Å². The van der Waals surface area contributed by atoms with Gasteiger partial charge in [-0.15, -0.1) is 0 Å². The molecule has 0 bridgehead atoms. The highest BCUT2D eigenvalue weighted by atomic mass is 32.2. The second-order valence-electron chi connectivity index (χ2n) is 8.02. The molecule has 3 rings (SSSR count). The molecule has 2 saturated heterocycles. The summed E-state index contributed by atoms with van der Waals surface area (Å²) in [5.74, 6) is 0.533. The molecule has 0 aromatic heterocycles. The molecular weight excluding hydrogens is 380 g/mol. The van der Waals surface area contributed by atoms with Gasteiger partial charge in [-0.2, -0.15) is 0 Å². The number of nitrogens with zero attached hydrogens (tertiary/aromatic N) is 1. The van der Waals surface area contributed by atoms with Gasteiger partial charge in [0.2, 0.25) is 5.91 Å². The molecular formula is C20H26N2O5S. The molecule has 8 heteroatoms. The van der Waals surface area contributed by atoms with E-state index in [1.54, 1.807) is 4.90 Å². The van der Waals surface area contributed by atoms with E-state index in [4.69, 9.17) is 9.47 Å². The van der Waals surface area contributed by atoms with Gasteiger partial charge in [-0.05, 0) is 44.9 Å². The summed E-state index contributed by atoms with van der Waals surface area (Å²) in [5, 5.41) is 1.65. The number of thioether (sulfide) groups is 1. The number of carbonyl (C=O) groups excluding carboxylic acids is 3. The Bertz CT molecular complexity index is 736. The average molecular weight is 407 g/mol. The largest absolute Gasteiger partial charge is 0.490 e. The van der Waals surface area contributed by atoms with Gasteiger partial charge in [0.1, 0.15) is 17.5 Å². The van der Waals surface area contributed by atoms with Crippen molar-refractivity contribution in [3.8, 4) is 5.75 Å². The van der Waals surface area contributed by atoms with Crippen molar-refractivity contribution in [3.63, 3.8) is 0 Å². The lowest BCUT2D eigenvalue weighted by Crippen LogP contribution is -2.44. The van der Waals surface area contributed by atoms with Gasteiger partial charge in [0.05, 0.1) is 5.25 Å². The summed E-state index contributed by atoms with van der Waals surface area (Å²) in [6, 6.07) is 7.60. The van der Waals surface area contributed by atoms with Crippen LogP contribution in [0.25, 0.3) is 0 Å². The lowest BCUT2D eigenvalue weighted by molar-refractivity contribution is -0.118. The predicted molar refractivity (Wildman–Crippen MR) is 107 cm³/mol. The van der Waals surface area contributed by atoms with Crippen LogP contribution in [0.3, 0.4) is 0 Å². The van der Waals surface area contributed by atoms with Crippen LogP contribution in [-0.4, -0.2) is 52.2 Å². The summed E-state index contributed by atoms with van der Waals surface area (Å²) in [6.45, 7) is 6.81. The van der Waals surface area contributed by atoms with Gasteiger partial charge in [0.25, 0.3) is 5.24 Å². The molecule has 1 N–H and O–H groups in total. The van der Waals surface area contributed by atoms with Gasteiger partial charge in [-0.1, -0.05) is 23.9 Å². The highest BCUT2D eigenvalue weighted by Crippen LogP contribution is 2.25. The first-order valence-electron chi connectivity index (χ1n) is 9.44. The third-order valence-electron chi connectivity index (χ3n) is 4.51. The number of benzene rings is 1. The van der Waals surface area contributed by atoms with Crippen LogP contribution in [0.4, 0.5) is 9.59 Å². The average Bonchev–Trinajstić information content (AvgIpc) is 2.93. The minimum Gasteiger partial charge on any atom is -0.490 e. The van der Waals surface area contributed by atoms with E-state index in [2.05, 4.69) is 5.32 Å². The van der Waals surface area contributed by atoms with Crippen LogP contribution in [0.2, 0.25) is 0 Å². The number of hydrogen-bond acceptors (Lipinski definition) is 6. The fraction of sp³-hybridized carbons (Fsp3) is 0.550. The second kappa shape index (κ2) is 8.43. The normalized spacial score (nSPS) is 20.8. The Hall–Kier alpha value is -2.22. The summed E-state index contributed by atoms with van der Waals surface area (Å²) >= 11 is 1.03. The number of likely N-dealkylation sites (tertiary alicyclic amines) is 1. The smallest absolute Gasteiger partial charge is 0.410 e. The highest BCUT2D eigenvalue weighted by Gasteiger charge is 2.31. The molecule has 1 aromatic carbocycles. The Morgan fingerprint density at radius 3 is 2.36 bits per heavy atom. The molecule has 1 aromatic rings. The zero-order valence-corrected chi connectivity index (χ0v) is 17.2. The van der Waals surface area contributed by atoms with Crippen molar-refractivity contribution < 1.29 is 23.9 Å². The number of piperidine rings is 1. The molecule has 0 saturated carbocycles. The molecule has 1 atom stereocenters. The number of ether oxygens (including phenoxy) is 2. The Labute approximate surface area is 169 Å². The van der Waals surface area contributed by atoms with Crippen molar-refractivity contribution in [1.82, 2.24) is 10.2 Å². The fourth-order valence-electron chi connectivity index (χ4n) is 3.12. The lowest BCUT2D eigenvalue weighted by atomic mass is 10.1. The number of carbonyl (C=O) groups is 3. The van der Waals surface area contributed by atoms with E-state index in [0.717, 1.165) is 35.9 Å². The van der Waals surface area contributed by atoms with Gasteiger partial charge >= 0.3 is 6.09 Å². The summed E-state index contributed by atoms with van der Waals surface area (Å²) in [4.78, 5) is 36.7. The Morgan fingerprint density at radius 1 is 1.18 bits per heavy atom. The summed E-state index contributed by atoms with van der Waals surface area (Å²) < 4.78 is 11.4. The van der Waals surface area contributed by atoms with Gasteiger partial charge in [-0.25, -0.2) is 4.79 Å². The van der Waals surface area contributed by atoms with Crippen molar-refractivity contribution in [2.75, 3.05) is 13.1 Å². The number of hydrogen-bond donors (Lipinski definition) is 1. The summed E-state index contributed by atoms with van der Waals surface area (Å²) in [7, 11) is 0. The fourth-order valence-corrected chi connectivity index (χ4v) is 3.98. The maximum Gasteiger partial charge on any atom is 0.410 e. The lowest BCUT2D eigenvalue weighted by Gasteiger charge is -2.33. The van der Waals surface area contributed by atoms with Gasteiger partial charge in [0, 0.05) is 25.9 Å². The van der Waals surface area contributed by atoms with Gasteiger partial charge in [-0.3, -0.25) is 14.9 Å². The Morgan fingerprint density at radius 2 is 1.82 bits per heavy atom. The molecule has 2 fully saturated rings. The van der Waals surface area contributed by atoms with Crippen molar-refractivity contribution in [2.45, 2.75) is 57.0 Å². The van der Waals surface area contributed by atoms with Crippen LogP contribution < -0.4 is 10.1 Å². The molecule has 1 unspecified atom stereocenters. The van der Waals surface area contributed by atoms with E-state index in [9.17, 15) is 14.4 Å². The minimum absolute atomic E-state index is 0.0540. The third kappa shape index (κ3) is 5.64. The molecule has 152 valence electrons. The van der Waals surface area contributed by atoms with E-state index in [1.165, 1.54) is 0 Å². The Balaban J connectivity index is 1.46. The van der Waals surface area contributed by atoms with Crippen molar-refractivity contribution in [1.29, 1.82) is 0 Å². The number of amides is 3. The number of imide groups is 1. The predicted octanol–water partition coefficient (Wildman–Crippen LogP) is 3.36. The molecule has 28 heavy (non-hydrogen) atoms. The molecule has 0 spiro atoms. The first-order valence-corrected chi connectivity index (χ1v) is 10.3. The second-order valence-corrected chi connectivity index (χ2v) is 9.19. The topological polar surface area (TPSA) is 84.9 Å². The van der Waals surface area contributed by atoms with Crippen LogP contribution in [0.1, 0.15) is 39.2 Å². The zero-order valence-electron chi connectivity index (χ0n) is 16.4. The number of rotatable bonds is 4. The van der Waals surface area contributed by atoms with Crippen molar-refractivity contribution in [3.05, 3.63) is 29.8 Å². The monoisotopic (exact) mass is 406 g/mol. The molecule has 2 heterocycles. The van der Waals surface area contributed by atoms with Crippen molar-refractivity contribution in [2.24, 2.45) is 0 Å². The van der Waals surface area contributed by atoms with Crippen LogP contribution in [0.5, 0.6) is 5.75 Å². The van der Waals surface area contributed by atoms with Gasteiger partial charge < -0.3 is 14.4 Å². The third-order valence-corrected chi connectivity index (χ3v) is 5.49. The molecule has 3 amide bonds.